The second kappa shape index (κ2) is 6.34. The van der Waals surface area contributed by atoms with Gasteiger partial charge in [0.25, 0.3) is 0 Å². The number of carbonyl (C=O) groups excluding carboxylic acids is 1. The molecule has 0 spiro atoms. The zero-order valence-electron chi connectivity index (χ0n) is 9.76. The predicted molar refractivity (Wildman–Crippen MR) is 64.5 cm³/mol. The molecule has 94 valence electrons. The van der Waals surface area contributed by atoms with Crippen molar-refractivity contribution < 1.29 is 15.0 Å². The largest absolute Gasteiger partial charge is 0.390 e. The maximum absolute atomic E-state index is 11.2. The molecule has 1 amide bonds. The van der Waals surface area contributed by atoms with E-state index in [0.29, 0.717) is 18.5 Å². The van der Waals surface area contributed by atoms with E-state index in [-0.39, 0.29) is 5.56 Å². The van der Waals surface area contributed by atoms with Gasteiger partial charge in [0, 0.05) is 5.56 Å². The third kappa shape index (κ3) is 3.52. The second-order valence-electron chi connectivity index (χ2n) is 3.86. The van der Waals surface area contributed by atoms with Crippen molar-refractivity contribution in [3.8, 4) is 0 Å². The molecule has 0 fully saturated rings. The molecule has 1 rings (SSSR count). The van der Waals surface area contributed by atoms with Crippen molar-refractivity contribution in [1.29, 1.82) is 0 Å². The molecule has 5 nitrogen and oxygen atoms in total. The molecule has 2 unspecified atom stereocenters. The van der Waals surface area contributed by atoms with E-state index in [2.05, 4.69) is 5.32 Å². The molecule has 0 bridgehead atoms. The maximum Gasteiger partial charge on any atom is 0.249 e. The second-order valence-corrected chi connectivity index (χ2v) is 3.86. The fourth-order valence-electron chi connectivity index (χ4n) is 1.64. The Bertz CT molecular complexity index is 382. The smallest absolute Gasteiger partial charge is 0.249 e. The van der Waals surface area contributed by atoms with Crippen molar-refractivity contribution >= 4 is 5.91 Å². The van der Waals surface area contributed by atoms with Gasteiger partial charge in [0.05, 0.1) is 6.10 Å². The monoisotopic (exact) mass is 238 g/mol. The predicted octanol–water partition coefficient (Wildman–Crippen LogP) is -0.211. The van der Waals surface area contributed by atoms with Crippen LogP contribution >= 0.6 is 0 Å². The number of rotatable bonds is 6. The molecule has 1 aromatic rings. The first-order valence-corrected chi connectivity index (χ1v) is 5.47. The average Bonchev–Trinajstić information content (AvgIpc) is 2.34. The minimum atomic E-state index is -1.10. The highest BCUT2D eigenvalue weighted by atomic mass is 16.3. The van der Waals surface area contributed by atoms with Crippen LogP contribution in [0.25, 0.3) is 0 Å². The van der Waals surface area contributed by atoms with Crippen molar-refractivity contribution in [1.82, 2.24) is 5.32 Å². The van der Waals surface area contributed by atoms with E-state index in [4.69, 9.17) is 5.73 Å². The number of hydrogen-bond donors (Lipinski definition) is 4. The fraction of sp³-hybridized carbons (Fsp3) is 0.417. The lowest BCUT2D eigenvalue weighted by Gasteiger charge is -2.19. The summed E-state index contributed by atoms with van der Waals surface area (Å²) in [6, 6.07) is 6.48. The summed E-state index contributed by atoms with van der Waals surface area (Å²) in [6.45, 7) is 0.580. The topological polar surface area (TPSA) is 95.6 Å². The Morgan fingerprint density at radius 3 is 2.65 bits per heavy atom. The molecule has 0 saturated carbocycles. The van der Waals surface area contributed by atoms with Crippen molar-refractivity contribution in [2.24, 2.45) is 5.73 Å². The summed E-state index contributed by atoms with van der Waals surface area (Å²) in [6.07, 6.45) is -1.64. The Balaban J connectivity index is 2.87. The molecule has 0 aliphatic rings. The van der Waals surface area contributed by atoms with E-state index >= 15 is 0 Å². The van der Waals surface area contributed by atoms with Gasteiger partial charge in [-0.1, -0.05) is 18.2 Å². The lowest BCUT2D eigenvalue weighted by Crippen LogP contribution is -2.25. The zero-order valence-corrected chi connectivity index (χ0v) is 9.76. The van der Waals surface area contributed by atoms with Crippen LogP contribution in [0.1, 0.15) is 28.4 Å². The van der Waals surface area contributed by atoms with Gasteiger partial charge in [-0.25, -0.2) is 0 Å². The molecular formula is C12H18N2O3. The summed E-state index contributed by atoms with van der Waals surface area (Å²) >= 11 is 0. The van der Waals surface area contributed by atoms with E-state index in [1.807, 2.05) is 0 Å². The first-order valence-electron chi connectivity index (χ1n) is 5.47. The van der Waals surface area contributed by atoms with Crippen LogP contribution in [-0.4, -0.2) is 35.8 Å². The fourth-order valence-corrected chi connectivity index (χ4v) is 1.64. The molecule has 5 heteroatoms. The quantitative estimate of drug-likeness (QED) is 0.551. The van der Waals surface area contributed by atoms with E-state index < -0.39 is 18.1 Å². The number of nitrogens with two attached hydrogens (primary N) is 1. The summed E-state index contributed by atoms with van der Waals surface area (Å²) in [4.78, 5) is 11.2. The summed E-state index contributed by atoms with van der Waals surface area (Å²) in [5.74, 6) is -0.611. The number of hydrogen-bond acceptors (Lipinski definition) is 4. The van der Waals surface area contributed by atoms with E-state index in [9.17, 15) is 15.0 Å². The maximum atomic E-state index is 11.2. The third-order valence-electron chi connectivity index (χ3n) is 2.60. The Hall–Kier alpha value is -1.43. The van der Waals surface area contributed by atoms with Crippen LogP contribution in [0.5, 0.6) is 0 Å². The molecule has 5 N–H and O–H groups in total. The normalized spacial score (nSPS) is 14.3. The van der Waals surface area contributed by atoms with Gasteiger partial charge in [0.15, 0.2) is 0 Å². The van der Waals surface area contributed by atoms with Crippen molar-refractivity contribution in [2.75, 3.05) is 13.6 Å². The first-order chi connectivity index (χ1) is 8.07. The molecule has 0 heterocycles. The van der Waals surface area contributed by atoms with Gasteiger partial charge in [-0.15, -0.1) is 0 Å². The molecule has 0 aliphatic heterocycles. The average molecular weight is 238 g/mol. The van der Waals surface area contributed by atoms with E-state index in [0.717, 1.165) is 0 Å². The van der Waals surface area contributed by atoms with Crippen molar-refractivity contribution in [3.63, 3.8) is 0 Å². The van der Waals surface area contributed by atoms with Gasteiger partial charge in [-0.3, -0.25) is 4.79 Å². The highest BCUT2D eigenvalue weighted by Crippen LogP contribution is 2.22. The lowest BCUT2D eigenvalue weighted by molar-refractivity contribution is 0.0136. The number of nitrogens with one attached hydrogen (secondary N) is 1. The van der Waals surface area contributed by atoms with Crippen LogP contribution in [0.2, 0.25) is 0 Å². The SMILES string of the molecule is CNCCC(O)C(O)c1ccccc1C(N)=O. The highest BCUT2D eigenvalue weighted by molar-refractivity contribution is 5.94. The highest BCUT2D eigenvalue weighted by Gasteiger charge is 2.21. The summed E-state index contributed by atoms with van der Waals surface area (Å²) in [5, 5.41) is 22.6. The summed E-state index contributed by atoms with van der Waals surface area (Å²) < 4.78 is 0. The molecule has 0 radical (unpaired) electrons. The summed E-state index contributed by atoms with van der Waals surface area (Å²) in [7, 11) is 1.76. The number of aliphatic hydroxyl groups excluding tert-OH is 2. The van der Waals surface area contributed by atoms with E-state index in [1.54, 1.807) is 25.2 Å². The zero-order chi connectivity index (χ0) is 12.8. The molecular weight excluding hydrogens is 220 g/mol. The Kier molecular flexibility index (Phi) is 5.09. The van der Waals surface area contributed by atoms with E-state index in [1.165, 1.54) is 6.07 Å². The summed E-state index contributed by atoms with van der Waals surface area (Å²) in [5.41, 5.74) is 5.81. The van der Waals surface area contributed by atoms with Crippen LogP contribution in [0.3, 0.4) is 0 Å². The Labute approximate surface area is 100 Å². The number of aliphatic hydroxyl groups is 2. The third-order valence-corrected chi connectivity index (χ3v) is 2.60. The lowest BCUT2D eigenvalue weighted by atomic mass is 9.97. The molecule has 2 atom stereocenters. The molecule has 0 saturated heterocycles. The minimum absolute atomic E-state index is 0.239. The molecule has 17 heavy (non-hydrogen) atoms. The van der Waals surface area contributed by atoms with Crippen molar-refractivity contribution in [2.45, 2.75) is 18.6 Å². The molecule has 0 aromatic heterocycles. The molecule has 1 aromatic carbocycles. The number of benzene rings is 1. The van der Waals surface area contributed by atoms with Gasteiger partial charge >= 0.3 is 0 Å². The van der Waals surface area contributed by atoms with Crippen LogP contribution in [0, 0.1) is 0 Å². The van der Waals surface area contributed by atoms with Crippen LogP contribution < -0.4 is 11.1 Å². The van der Waals surface area contributed by atoms with Crippen LogP contribution in [0.4, 0.5) is 0 Å². The van der Waals surface area contributed by atoms with Gasteiger partial charge in [-0.05, 0) is 31.6 Å². The Morgan fingerprint density at radius 1 is 1.41 bits per heavy atom. The number of carbonyl (C=O) groups is 1. The van der Waals surface area contributed by atoms with Crippen LogP contribution in [-0.2, 0) is 0 Å². The number of primary amides is 1. The van der Waals surface area contributed by atoms with Gasteiger partial charge in [0.2, 0.25) is 5.91 Å². The van der Waals surface area contributed by atoms with Gasteiger partial charge in [-0.2, -0.15) is 0 Å². The standard InChI is InChI=1S/C12H18N2O3/c1-14-7-6-10(15)11(16)8-4-2-3-5-9(8)12(13)17/h2-5,10-11,14-16H,6-7H2,1H3,(H2,13,17). The van der Waals surface area contributed by atoms with Crippen molar-refractivity contribution in [3.05, 3.63) is 35.4 Å². The first kappa shape index (κ1) is 13.6. The number of amides is 1. The van der Waals surface area contributed by atoms with Gasteiger partial charge < -0.3 is 21.3 Å². The Morgan fingerprint density at radius 2 is 2.06 bits per heavy atom. The van der Waals surface area contributed by atoms with Crippen LogP contribution in [0.15, 0.2) is 24.3 Å². The van der Waals surface area contributed by atoms with Gasteiger partial charge in [0.1, 0.15) is 6.10 Å². The molecule has 0 aliphatic carbocycles. The minimum Gasteiger partial charge on any atom is -0.390 e.